The van der Waals surface area contributed by atoms with E-state index in [1.165, 1.54) is 6.20 Å². The Morgan fingerprint density at radius 2 is 2.14 bits per heavy atom. The molecule has 0 radical (unpaired) electrons. The van der Waals surface area contributed by atoms with Crippen molar-refractivity contribution in [3.8, 4) is 0 Å². The van der Waals surface area contributed by atoms with E-state index in [0.717, 1.165) is 0 Å². The predicted octanol–water partition coefficient (Wildman–Crippen LogP) is 3.38. The zero-order valence-corrected chi connectivity index (χ0v) is 13.6. The molecule has 0 fully saturated rings. The lowest BCUT2D eigenvalue weighted by molar-refractivity contribution is -0.120. The molecule has 1 N–H and O–H groups in total. The van der Waals surface area contributed by atoms with Crippen molar-refractivity contribution in [3.05, 3.63) is 35.2 Å². The predicted molar refractivity (Wildman–Crippen MR) is 87.9 cm³/mol. The number of carbonyl (C=O) groups excluding carboxylic acids is 1. The number of nitrogens with one attached hydrogen (secondary N) is 1. The summed E-state index contributed by atoms with van der Waals surface area (Å²) in [5.41, 5.74) is 0.566. The van der Waals surface area contributed by atoms with Crippen LogP contribution in [0.15, 0.2) is 24.4 Å². The summed E-state index contributed by atoms with van der Waals surface area (Å²) in [6.07, 6.45) is 1.47. The summed E-state index contributed by atoms with van der Waals surface area (Å²) in [4.78, 5) is 17.6. The van der Waals surface area contributed by atoms with Crippen LogP contribution in [0.1, 0.15) is 20.8 Å². The van der Waals surface area contributed by atoms with Crippen molar-refractivity contribution in [2.45, 2.75) is 26.8 Å². The normalized spacial score (nSPS) is 11.0. The molecular weight excluding hydrogens is 305 g/mol. The second-order valence-electron chi connectivity index (χ2n) is 5.32. The second-order valence-corrected chi connectivity index (χ2v) is 5.73. The van der Waals surface area contributed by atoms with Gasteiger partial charge in [0.25, 0.3) is 0 Å². The summed E-state index contributed by atoms with van der Waals surface area (Å²) in [5.74, 6) is -0.602. The molecule has 6 heteroatoms. The monoisotopic (exact) mass is 323 g/mol. The zero-order chi connectivity index (χ0) is 16.3. The number of hydrogen-bond donors (Lipinski definition) is 1. The number of amides is 1. The fraction of sp³-hybridized carbons (Fsp3) is 0.375. The fourth-order valence-electron chi connectivity index (χ4n) is 2.29. The Morgan fingerprint density at radius 3 is 2.77 bits per heavy atom. The highest BCUT2D eigenvalue weighted by atomic mass is 35.5. The van der Waals surface area contributed by atoms with Crippen molar-refractivity contribution in [2.75, 3.05) is 18.0 Å². The van der Waals surface area contributed by atoms with E-state index in [9.17, 15) is 9.18 Å². The van der Waals surface area contributed by atoms with Crippen LogP contribution in [0.3, 0.4) is 0 Å². The largest absolute Gasteiger partial charge is 0.360 e. The van der Waals surface area contributed by atoms with E-state index in [-0.39, 0.29) is 24.0 Å². The van der Waals surface area contributed by atoms with E-state index in [1.54, 1.807) is 23.1 Å². The molecule has 0 saturated heterocycles. The van der Waals surface area contributed by atoms with Crippen LogP contribution >= 0.6 is 11.6 Å². The summed E-state index contributed by atoms with van der Waals surface area (Å²) >= 11 is 6.05. The molecule has 1 amide bonds. The van der Waals surface area contributed by atoms with Crippen LogP contribution in [0, 0.1) is 5.82 Å². The maximum absolute atomic E-state index is 14.7. The van der Waals surface area contributed by atoms with Crippen LogP contribution in [0.2, 0.25) is 5.02 Å². The molecule has 22 heavy (non-hydrogen) atoms. The summed E-state index contributed by atoms with van der Waals surface area (Å²) in [5, 5.41) is 3.82. The van der Waals surface area contributed by atoms with E-state index in [4.69, 9.17) is 11.6 Å². The highest BCUT2D eigenvalue weighted by molar-refractivity contribution is 6.35. The standard InChI is InChI=1S/C16H19ClFN3O/c1-4-21(9-14(22)20-10(2)3)13-6-5-11-12(17)7-8-19-16(11)15(13)18/h5-8,10H,4,9H2,1-3H3,(H,20,22). The number of nitrogens with zero attached hydrogens (tertiary/aromatic N) is 2. The fourth-order valence-corrected chi connectivity index (χ4v) is 2.50. The molecule has 1 aromatic carbocycles. The average Bonchev–Trinajstić information content (AvgIpc) is 2.46. The topological polar surface area (TPSA) is 45.2 Å². The Bertz CT molecular complexity index is 690. The van der Waals surface area contributed by atoms with Crippen molar-refractivity contribution in [3.63, 3.8) is 0 Å². The number of hydrogen-bond acceptors (Lipinski definition) is 3. The van der Waals surface area contributed by atoms with Gasteiger partial charge in [-0.2, -0.15) is 0 Å². The summed E-state index contributed by atoms with van der Waals surface area (Å²) in [7, 11) is 0. The van der Waals surface area contributed by atoms with E-state index in [0.29, 0.717) is 22.6 Å². The van der Waals surface area contributed by atoms with Gasteiger partial charge in [0.1, 0.15) is 5.52 Å². The minimum absolute atomic E-state index is 0.0492. The Hall–Kier alpha value is -1.88. The highest BCUT2D eigenvalue weighted by Gasteiger charge is 2.17. The van der Waals surface area contributed by atoms with Gasteiger partial charge in [0.05, 0.1) is 17.3 Å². The highest BCUT2D eigenvalue weighted by Crippen LogP contribution is 2.29. The van der Waals surface area contributed by atoms with Crippen molar-refractivity contribution in [1.29, 1.82) is 0 Å². The van der Waals surface area contributed by atoms with Crippen molar-refractivity contribution in [2.24, 2.45) is 0 Å². The molecule has 0 saturated carbocycles. The molecule has 1 aromatic heterocycles. The molecule has 1 heterocycles. The molecule has 4 nitrogen and oxygen atoms in total. The SMILES string of the molecule is CCN(CC(=O)NC(C)C)c1ccc2c(Cl)ccnc2c1F. The van der Waals surface area contributed by atoms with Crippen molar-refractivity contribution >= 4 is 34.1 Å². The molecule has 0 bridgehead atoms. The van der Waals surface area contributed by atoms with Crippen LogP contribution in [0.25, 0.3) is 10.9 Å². The average molecular weight is 324 g/mol. The summed E-state index contributed by atoms with van der Waals surface area (Å²) in [6, 6.07) is 5.04. The quantitative estimate of drug-likeness (QED) is 0.917. The number of pyridine rings is 1. The van der Waals surface area contributed by atoms with Crippen molar-refractivity contribution in [1.82, 2.24) is 10.3 Å². The number of carbonyl (C=O) groups is 1. The number of benzene rings is 1. The Labute approximate surface area is 134 Å². The molecule has 0 aliphatic heterocycles. The maximum atomic E-state index is 14.7. The summed E-state index contributed by atoms with van der Waals surface area (Å²) in [6.45, 7) is 6.25. The molecule has 0 atom stereocenters. The minimum Gasteiger partial charge on any atom is -0.360 e. The van der Waals surface area contributed by atoms with Gasteiger partial charge in [-0.15, -0.1) is 0 Å². The van der Waals surface area contributed by atoms with Gasteiger partial charge in [-0.3, -0.25) is 9.78 Å². The van der Waals surface area contributed by atoms with Crippen LogP contribution in [-0.2, 0) is 4.79 Å². The van der Waals surface area contributed by atoms with Gasteiger partial charge in [0.15, 0.2) is 5.82 Å². The van der Waals surface area contributed by atoms with Gasteiger partial charge < -0.3 is 10.2 Å². The van der Waals surface area contributed by atoms with Gasteiger partial charge in [-0.25, -0.2) is 4.39 Å². The van der Waals surface area contributed by atoms with Gasteiger partial charge in [-0.05, 0) is 39.0 Å². The number of anilines is 1. The molecule has 0 aliphatic carbocycles. The first-order chi connectivity index (χ1) is 10.4. The Morgan fingerprint density at radius 1 is 1.41 bits per heavy atom. The zero-order valence-electron chi connectivity index (χ0n) is 12.9. The molecule has 0 spiro atoms. The van der Waals surface area contributed by atoms with E-state index in [2.05, 4.69) is 10.3 Å². The molecule has 0 aliphatic rings. The number of fused-ring (bicyclic) bond motifs is 1. The lowest BCUT2D eigenvalue weighted by atomic mass is 10.1. The van der Waals surface area contributed by atoms with Crippen LogP contribution in [0.5, 0.6) is 0 Å². The number of likely N-dealkylation sites (N-methyl/N-ethyl adjacent to an activating group) is 1. The van der Waals surface area contributed by atoms with Crippen LogP contribution in [-0.4, -0.2) is 30.0 Å². The minimum atomic E-state index is -0.459. The molecule has 2 aromatic rings. The molecule has 0 unspecified atom stereocenters. The molecule has 118 valence electrons. The van der Waals surface area contributed by atoms with E-state index >= 15 is 0 Å². The van der Waals surface area contributed by atoms with Gasteiger partial charge in [0.2, 0.25) is 5.91 Å². The van der Waals surface area contributed by atoms with E-state index < -0.39 is 5.82 Å². The third-order valence-corrected chi connectivity index (χ3v) is 3.61. The van der Waals surface area contributed by atoms with Crippen LogP contribution in [0.4, 0.5) is 10.1 Å². The van der Waals surface area contributed by atoms with Gasteiger partial charge in [0, 0.05) is 24.2 Å². The number of rotatable bonds is 5. The second kappa shape index (κ2) is 6.92. The first kappa shape index (κ1) is 16.5. The molecular formula is C16H19ClFN3O. The number of halogens is 2. The summed E-state index contributed by atoms with van der Waals surface area (Å²) < 4.78 is 14.7. The smallest absolute Gasteiger partial charge is 0.239 e. The lowest BCUT2D eigenvalue weighted by Crippen LogP contribution is -2.40. The van der Waals surface area contributed by atoms with E-state index in [1.807, 2.05) is 20.8 Å². The first-order valence-electron chi connectivity index (χ1n) is 7.21. The maximum Gasteiger partial charge on any atom is 0.239 e. The number of aromatic nitrogens is 1. The lowest BCUT2D eigenvalue weighted by Gasteiger charge is -2.24. The van der Waals surface area contributed by atoms with Crippen LogP contribution < -0.4 is 10.2 Å². The molecule has 2 rings (SSSR count). The van der Waals surface area contributed by atoms with Crippen molar-refractivity contribution < 1.29 is 9.18 Å². The Balaban J connectivity index is 2.35. The third kappa shape index (κ3) is 3.47. The first-order valence-corrected chi connectivity index (χ1v) is 7.58. The Kier molecular flexibility index (Phi) is 5.19. The third-order valence-electron chi connectivity index (χ3n) is 3.28. The van der Waals surface area contributed by atoms with Gasteiger partial charge in [-0.1, -0.05) is 11.6 Å². The van der Waals surface area contributed by atoms with Gasteiger partial charge >= 0.3 is 0 Å².